The quantitative estimate of drug-likeness (QED) is 0.326. The van der Waals surface area contributed by atoms with Gasteiger partial charge in [-0.05, 0) is 98.9 Å². The van der Waals surface area contributed by atoms with Gasteiger partial charge in [-0.25, -0.2) is 0 Å². The molecule has 4 saturated carbocycles. The number of nitrogens with one attached hydrogen (secondary N) is 2. The Morgan fingerprint density at radius 2 is 1.70 bits per heavy atom. The number of nitrogens with zero attached hydrogens (tertiary/aromatic N) is 1. The zero-order chi connectivity index (χ0) is 26.8. The van der Waals surface area contributed by atoms with Crippen LogP contribution in [0.4, 0.5) is 0 Å². The summed E-state index contributed by atoms with van der Waals surface area (Å²) >= 11 is 0. The molecule has 4 fully saturated rings. The van der Waals surface area contributed by atoms with E-state index in [-0.39, 0.29) is 51.1 Å². The SMILES string of the molecule is CC(=N)N[C@]12CCC(C)(C)C[C@@H]1[C@H]1C(=O)C=C3[C@@]4(C)C=C(C#N)C(=O)C5(CC5)[C@@H]4CC[C@@]3(C)[C@]1(C)CC2. The van der Waals surface area contributed by atoms with E-state index < -0.39 is 10.8 Å². The van der Waals surface area contributed by atoms with Crippen molar-refractivity contribution in [3.05, 3.63) is 23.3 Å². The fourth-order valence-electron chi connectivity index (χ4n) is 10.6. The molecule has 37 heavy (non-hydrogen) atoms. The number of hydrogen-bond donors (Lipinski definition) is 2. The third kappa shape index (κ3) is 2.99. The first kappa shape index (κ1) is 25.1. The molecule has 2 N–H and O–H groups in total. The van der Waals surface area contributed by atoms with Crippen LogP contribution in [0, 0.1) is 61.6 Å². The number of hydrogen-bond acceptors (Lipinski definition) is 4. The van der Waals surface area contributed by atoms with Crippen LogP contribution in [0.1, 0.15) is 99.3 Å². The molecule has 0 radical (unpaired) electrons. The maximum Gasteiger partial charge on any atom is 0.179 e. The number of carbonyl (C=O) groups excluding carboxylic acids is 2. The molecule has 6 aliphatic rings. The zero-order valence-electron chi connectivity index (χ0n) is 23.5. The highest BCUT2D eigenvalue weighted by Gasteiger charge is 2.72. The maximum atomic E-state index is 14.4. The Balaban J connectivity index is 1.51. The predicted molar refractivity (Wildman–Crippen MR) is 144 cm³/mol. The van der Waals surface area contributed by atoms with Gasteiger partial charge in [-0.2, -0.15) is 5.26 Å². The summed E-state index contributed by atoms with van der Waals surface area (Å²) in [4.78, 5) is 27.7. The van der Waals surface area contributed by atoms with Crippen LogP contribution in [0.25, 0.3) is 0 Å². The van der Waals surface area contributed by atoms with E-state index in [0.29, 0.717) is 11.4 Å². The molecule has 0 bridgehead atoms. The van der Waals surface area contributed by atoms with Crippen LogP contribution in [0.3, 0.4) is 0 Å². The Morgan fingerprint density at radius 1 is 1.03 bits per heavy atom. The van der Waals surface area contributed by atoms with E-state index in [9.17, 15) is 14.9 Å². The van der Waals surface area contributed by atoms with Crippen LogP contribution in [-0.2, 0) is 9.59 Å². The number of carbonyl (C=O) groups is 2. The summed E-state index contributed by atoms with van der Waals surface area (Å²) in [6.07, 6.45) is 12.7. The number of amidine groups is 1. The Kier molecular flexibility index (Phi) is 4.91. The monoisotopic (exact) mass is 501 g/mol. The van der Waals surface area contributed by atoms with Crippen molar-refractivity contribution < 1.29 is 9.59 Å². The first-order chi connectivity index (χ1) is 17.2. The second-order valence-corrected chi connectivity index (χ2v) is 15.1. The minimum atomic E-state index is -0.434. The summed E-state index contributed by atoms with van der Waals surface area (Å²) in [5, 5.41) is 21.8. The van der Waals surface area contributed by atoms with Crippen molar-refractivity contribution in [2.24, 2.45) is 44.8 Å². The largest absolute Gasteiger partial charge is 0.369 e. The van der Waals surface area contributed by atoms with Crippen molar-refractivity contribution in [1.82, 2.24) is 5.32 Å². The standard InChI is InChI=1S/C32H43N3O2/c1-19(34)35-32-13-9-27(2,3)17-21(32)25-22(36)15-24-28(4)16-20(18-33)26(37)31(11-12-31)23(28)7-8-29(24,5)30(25,6)10-14-32/h15-16,21,23,25H,7-14,17H2,1-6H3,(H2,34,35)/t21-,23-,25+,28+,29-,30-,32+/m1/s1. The smallest absolute Gasteiger partial charge is 0.179 e. The predicted octanol–water partition coefficient (Wildman–Crippen LogP) is 6.30. The van der Waals surface area contributed by atoms with E-state index in [0.717, 1.165) is 57.8 Å². The van der Waals surface area contributed by atoms with Gasteiger partial charge in [0.15, 0.2) is 11.6 Å². The lowest BCUT2D eigenvalue weighted by Gasteiger charge is -2.69. The van der Waals surface area contributed by atoms with E-state index in [1.807, 2.05) is 19.1 Å². The zero-order valence-corrected chi connectivity index (χ0v) is 23.5. The number of ketones is 2. The van der Waals surface area contributed by atoms with Crippen LogP contribution in [0.15, 0.2) is 23.3 Å². The van der Waals surface area contributed by atoms with Gasteiger partial charge in [0.2, 0.25) is 0 Å². The molecule has 6 rings (SSSR count). The minimum absolute atomic E-state index is 0.0490. The summed E-state index contributed by atoms with van der Waals surface area (Å²) in [5.41, 5.74) is 0.291. The molecule has 5 heteroatoms. The second kappa shape index (κ2) is 7.25. The summed E-state index contributed by atoms with van der Waals surface area (Å²) in [6, 6.07) is 2.23. The highest BCUT2D eigenvalue weighted by Crippen LogP contribution is 2.76. The molecule has 6 aliphatic carbocycles. The van der Waals surface area contributed by atoms with Gasteiger partial charge in [0, 0.05) is 22.3 Å². The fraction of sp³-hybridized carbons (Fsp3) is 0.750. The third-order valence-electron chi connectivity index (χ3n) is 12.7. The van der Waals surface area contributed by atoms with Gasteiger partial charge in [0.25, 0.3) is 0 Å². The molecule has 0 aliphatic heterocycles. The Labute approximate surface area is 222 Å². The lowest BCUT2D eigenvalue weighted by atomic mass is 9.35. The van der Waals surface area contributed by atoms with Gasteiger partial charge in [-0.1, -0.05) is 46.3 Å². The molecule has 5 nitrogen and oxygen atoms in total. The Bertz CT molecular complexity index is 1230. The summed E-state index contributed by atoms with van der Waals surface area (Å²) in [6.45, 7) is 13.5. The lowest BCUT2D eigenvalue weighted by molar-refractivity contribution is -0.158. The van der Waals surface area contributed by atoms with Gasteiger partial charge < -0.3 is 5.32 Å². The van der Waals surface area contributed by atoms with Crippen molar-refractivity contribution in [3.8, 4) is 6.07 Å². The van der Waals surface area contributed by atoms with E-state index in [2.05, 4.69) is 46.0 Å². The number of allylic oxidation sites excluding steroid dienone is 4. The van der Waals surface area contributed by atoms with Crippen molar-refractivity contribution in [1.29, 1.82) is 10.7 Å². The van der Waals surface area contributed by atoms with E-state index >= 15 is 0 Å². The van der Waals surface area contributed by atoms with Crippen molar-refractivity contribution in [2.75, 3.05) is 0 Å². The fourth-order valence-corrected chi connectivity index (χ4v) is 10.6. The molecule has 0 amide bonds. The molecular formula is C32H43N3O2. The molecule has 198 valence electrons. The Hall–Kier alpha value is -2.22. The average Bonchev–Trinajstić information content (AvgIpc) is 3.60. The van der Waals surface area contributed by atoms with Gasteiger partial charge in [-0.3, -0.25) is 15.0 Å². The highest BCUT2D eigenvalue weighted by atomic mass is 16.1. The number of nitriles is 1. The van der Waals surface area contributed by atoms with E-state index in [1.165, 1.54) is 5.57 Å². The first-order valence-corrected chi connectivity index (χ1v) is 14.5. The molecule has 7 atom stereocenters. The van der Waals surface area contributed by atoms with Crippen LogP contribution >= 0.6 is 0 Å². The lowest BCUT2D eigenvalue weighted by Crippen LogP contribution is -2.69. The third-order valence-corrected chi connectivity index (χ3v) is 12.7. The molecule has 0 heterocycles. The number of fused-ring (bicyclic) bond motifs is 8. The number of rotatable bonds is 1. The average molecular weight is 502 g/mol. The van der Waals surface area contributed by atoms with Gasteiger partial charge >= 0.3 is 0 Å². The molecule has 0 saturated heterocycles. The van der Waals surface area contributed by atoms with E-state index in [1.54, 1.807) is 0 Å². The van der Waals surface area contributed by atoms with Crippen LogP contribution < -0.4 is 5.32 Å². The second-order valence-electron chi connectivity index (χ2n) is 15.1. The Morgan fingerprint density at radius 3 is 2.32 bits per heavy atom. The molecular weight excluding hydrogens is 458 g/mol. The van der Waals surface area contributed by atoms with Gasteiger partial charge in [0.1, 0.15) is 6.07 Å². The van der Waals surface area contributed by atoms with E-state index in [4.69, 9.17) is 5.41 Å². The molecule has 0 aromatic rings. The minimum Gasteiger partial charge on any atom is -0.369 e. The van der Waals surface area contributed by atoms with Crippen molar-refractivity contribution >= 4 is 17.4 Å². The normalized spacial score (nSPS) is 46.8. The molecule has 0 aromatic carbocycles. The summed E-state index contributed by atoms with van der Waals surface area (Å²) in [5.74, 6) is 1.07. The summed E-state index contributed by atoms with van der Waals surface area (Å²) < 4.78 is 0. The molecule has 0 unspecified atom stereocenters. The molecule has 0 aromatic heterocycles. The number of Topliss-reactive ketones (excluding diaryl/α,β-unsaturated/α-hetero) is 1. The first-order valence-electron chi connectivity index (χ1n) is 14.5. The van der Waals surface area contributed by atoms with Crippen LogP contribution in [0.5, 0.6) is 0 Å². The van der Waals surface area contributed by atoms with Crippen molar-refractivity contribution in [3.63, 3.8) is 0 Å². The topological polar surface area (TPSA) is 93.8 Å². The van der Waals surface area contributed by atoms with Gasteiger partial charge in [-0.15, -0.1) is 0 Å². The van der Waals surface area contributed by atoms with Gasteiger partial charge in [0.05, 0.1) is 11.4 Å². The molecule has 1 spiro atoms. The maximum absolute atomic E-state index is 14.4. The van der Waals surface area contributed by atoms with Crippen LogP contribution in [-0.4, -0.2) is 22.9 Å². The highest BCUT2D eigenvalue weighted by molar-refractivity contribution is 6.06. The van der Waals surface area contributed by atoms with Crippen molar-refractivity contribution in [2.45, 2.75) is 105 Å². The van der Waals surface area contributed by atoms with Crippen LogP contribution in [0.2, 0.25) is 0 Å². The summed E-state index contributed by atoms with van der Waals surface area (Å²) in [7, 11) is 0.